The molecule has 2 fully saturated rings. The largest absolute Gasteiger partial charge is 0.481 e. The van der Waals surface area contributed by atoms with Crippen LogP contribution in [0.5, 0.6) is 0 Å². The van der Waals surface area contributed by atoms with Crippen molar-refractivity contribution in [3.05, 3.63) is 23.8 Å². The van der Waals surface area contributed by atoms with Gasteiger partial charge >= 0.3 is 5.97 Å². The number of allylic oxidation sites excluding steroid dienone is 4. The molecule has 23 heavy (non-hydrogen) atoms. The normalized spacial score (nSPS) is 48.2. The minimum Gasteiger partial charge on any atom is -0.481 e. The minimum atomic E-state index is -0.609. The molecule has 126 valence electrons. The Morgan fingerprint density at radius 3 is 2.87 bits per heavy atom. The number of carboxylic acid groups (broad SMARTS) is 1. The van der Waals surface area contributed by atoms with Crippen LogP contribution in [-0.4, -0.2) is 11.1 Å². The molecule has 0 amide bonds. The van der Waals surface area contributed by atoms with Gasteiger partial charge in [-0.05, 0) is 79.4 Å². The number of carboxylic acids is 1. The Bertz CT molecular complexity index is 574. The first-order valence-electron chi connectivity index (χ1n) is 9.54. The van der Waals surface area contributed by atoms with Crippen LogP contribution in [0.3, 0.4) is 0 Å². The predicted octanol–water partition coefficient (Wildman–Crippen LogP) is 5.21. The fourth-order valence-corrected chi connectivity index (χ4v) is 6.88. The van der Waals surface area contributed by atoms with Gasteiger partial charge in [0.15, 0.2) is 0 Å². The topological polar surface area (TPSA) is 37.3 Å². The summed E-state index contributed by atoms with van der Waals surface area (Å²) in [6, 6.07) is 0. The van der Waals surface area contributed by atoms with E-state index in [1.165, 1.54) is 38.5 Å². The van der Waals surface area contributed by atoms with Gasteiger partial charge in [-0.3, -0.25) is 4.79 Å². The second-order valence-corrected chi connectivity index (χ2v) is 8.99. The van der Waals surface area contributed by atoms with Crippen LogP contribution in [0.4, 0.5) is 0 Å². The quantitative estimate of drug-likeness (QED) is 0.711. The molecule has 0 radical (unpaired) electrons. The zero-order valence-corrected chi connectivity index (χ0v) is 14.6. The molecule has 2 heteroatoms. The molecule has 4 aliphatic carbocycles. The maximum Gasteiger partial charge on any atom is 0.303 e. The summed E-state index contributed by atoms with van der Waals surface area (Å²) in [6.45, 7) is 4.88. The lowest BCUT2D eigenvalue weighted by Crippen LogP contribution is -2.51. The van der Waals surface area contributed by atoms with Gasteiger partial charge in [0.2, 0.25) is 0 Å². The summed E-state index contributed by atoms with van der Waals surface area (Å²) in [7, 11) is 0. The van der Waals surface area contributed by atoms with Crippen LogP contribution < -0.4 is 0 Å². The number of fused-ring (bicyclic) bond motifs is 5. The van der Waals surface area contributed by atoms with Crippen molar-refractivity contribution in [2.75, 3.05) is 0 Å². The number of hydrogen-bond donors (Lipinski definition) is 1. The van der Waals surface area contributed by atoms with Crippen LogP contribution in [0.2, 0.25) is 0 Å². The lowest BCUT2D eigenvalue weighted by atomic mass is 9.45. The van der Waals surface area contributed by atoms with Crippen LogP contribution in [0.1, 0.15) is 65.2 Å². The van der Waals surface area contributed by atoms with Gasteiger partial charge in [0.05, 0.1) is 0 Å². The third-order valence-electron chi connectivity index (χ3n) is 8.13. The summed E-state index contributed by atoms with van der Waals surface area (Å²) in [5, 5.41) is 9.43. The molecule has 2 saturated carbocycles. The number of rotatable bonds is 2. The zero-order chi connectivity index (χ0) is 16.2. The first-order valence-corrected chi connectivity index (χ1v) is 9.54. The van der Waals surface area contributed by atoms with E-state index in [9.17, 15) is 9.90 Å². The first-order chi connectivity index (χ1) is 10.9. The first kappa shape index (κ1) is 15.5. The van der Waals surface area contributed by atoms with E-state index in [1.54, 1.807) is 5.57 Å². The van der Waals surface area contributed by atoms with E-state index >= 15 is 0 Å². The second kappa shape index (κ2) is 5.22. The van der Waals surface area contributed by atoms with Crippen molar-refractivity contribution in [1.29, 1.82) is 0 Å². The summed E-state index contributed by atoms with van der Waals surface area (Å²) in [5.41, 5.74) is 2.15. The molecule has 0 saturated heterocycles. The highest BCUT2D eigenvalue weighted by atomic mass is 16.4. The number of aliphatic carboxylic acids is 1. The molecule has 0 bridgehead atoms. The van der Waals surface area contributed by atoms with Gasteiger partial charge in [0.1, 0.15) is 0 Å². The highest BCUT2D eigenvalue weighted by molar-refractivity contribution is 5.67. The van der Waals surface area contributed by atoms with E-state index in [-0.39, 0.29) is 5.41 Å². The maximum absolute atomic E-state index is 11.4. The number of hydrogen-bond acceptors (Lipinski definition) is 1. The van der Waals surface area contributed by atoms with Crippen molar-refractivity contribution in [2.24, 2.45) is 34.5 Å². The molecule has 4 rings (SSSR count). The van der Waals surface area contributed by atoms with Gasteiger partial charge in [0.25, 0.3) is 0 Å². The highest BCUT2D eigenvalue weighted by Crippen LogP contribution is 2.65. The average Bonchev–Trinajstić information content (AvgIpc) is 2.89. The van der Waals surface area contributed by atoms with Crippen LogP contribution in [0.15, 0.2) is 23.8 Å². The van der Waals surface area contributed by atoms with E-state index in [2.05, 4.69) is 32.1 Å². The molecule has 4 aliphatic rings. The predicted molar refractivity (Wildman–Crippen MR) is 92.0 cm³/mol. The van der Waals surface area contributed by atoms with Crippen molar-refractivity contribution in [3.8, 4) is 0 Å². The van der Waals surface area contributed by atoms with E-state index in [0.29, 0.717) is 23.7 Å². The summed E-state index contributed by atoms with van der Waals surface area (Å²) in [6.07, 6.45) is 16.3. The van der Waals surface area contributed by atoms with Crippen LogP contribution in [0.25, 0.3) is 0 Å². The Balaban J connectivity index is 1.70. The third-order valence-corrected chi connectivity index (χ3v) is 8.13. The molecule has 0 aromatic heterocycles. The van der Waals surface area contributed by atoms with E-state index in [4.69, 9.17) is 0 Å². The van der Waals surface area contributed by atoms with Crippen LogP contribution in [0, 0.1) is 34.5 Å². The standard InChI is InChI=1S/C21H30O2/c1-20-11-4-7-17(20)16-9-8-14-5-3-6-15(13-19(22)23)21(14,2)18(16)10-12-20/h4,8,11,15-18H,3,5-7,9-10,12-13H2,1-2H3,(H,22,23)/t15?,16-,17-,18-,20-,21+/m0/s1. The summed E-state index contributed by atoms with van der Waals surface area (Å²) in [5.74, 6) is 1.97. The minimum absolute atomic E-state index is 0.142. The fraction of sp³-hybridized carbons (Fsp3) is 0.762. The summed E-state index contributed by atoms with van der Waals surface area (Å²) < 4.78 is 0. The van der Waals surface area contributed by atoms with E-state index < -0.39 is 5.97 Å². The average molecular weight is 314 g/mol. The molecule has 0 aromatic rings. The third kappa shape index (κ3) is 2.16. The lowest BCUT2D eigenvalue weighted by Gasteiger charge is -2.59. The molecule has 0 aromatic carbocycles. The molecule has 6 atom stereocenters. The molecule has 1 unspecified atom stereocenters. The SMILES string of the molecule is C[C@@]12C=CC[C@H]1[C@@H]1CC=C3CCCC(CC(=O)O)[C@]3(C)[C@H]1CC2. The Morgan fingerprint density at radius 2 is 2.09 bits per heavy atom. The molecule has 0 spiro atoms. The molecule has 2 nitrogen and oxygen atoms in total. The Hall–Kier alpha value is -1.05. The zero-order valence-electron chi connectivity index (χ0n) is 14.6. The monoisotopic (exact) mass is 314 g/mol. The van der Waals surface area contributed by atoms with E-state index in [0.717, 1.165) is 18.3 Å². The van der Waals surface area contributed by atoms with Gasteiger partial charge in [-0.2, -0.15) is 0 Å². The van der Waals surface area contributed by atoms with Crippen LogP contribution in [-0.2, 0) is 4.79 Å². The maximum atomic E-state index is 11.4. The summed E-state index contributed by atoms with van der Waals surface area (Å²) >= 11 is 0. The van der Waals surface area contributed by atoms with Gasteiger partial charge in [-0.15, -0.1) is 0 Å². The Labute approximate surface area is 140 Å². The highest BCUT2D eigenvalue weighted by Gasteiger charge is 2.56. The molecule has 0 aliphatic heterocycles. The van der Waals surface area contributed by atoms with Gasteiger partial charge in [-0.1, -0.05) is 37.6 Å². The smallest absolute Gasteiger partial charge is 0.303 e. The van der Waals surface area contributed by atoms with Crippen LogP contribution >= 0.6 is 0 Å². The van der Waals surface area contributed by atoms with Crippen molar-refractivity contribution in [2.45, 2.75) is 65.2 Å². The van der Waals surface area contributed by atoms with E-state index in [1.807, 2.05) is 0 Å². The molecule has 1 N–H and O–H groups in total. The second-order valence-electron chi connectivity index (χ2n) is 8.99. The Kier molecular flexibility index (Phi) is 3.52. The molecular formula is C21H30O2. The summed E-state index contributed by atoms with van der Waals surface area (Å²) in [4.78, 5) is 11.4. The molecular weight excluding hydrogens is 284 g/mol. The van der Waals surface area contributed by atoms with Gasteiger partial charge in [-0.25, -0.2) is 0 Å². The van der Waals surface area contributed by atoms with Gasteiger partial charge in [0, 0.05) is 6.42 Å². The van der Waals surface area contributed by atoms with Crippen molar-refractivity contribution in [1.82, 2.24) is 0 Å². The van der Waals surface area contributed by atoms with Gasteiger partial charge < -0.3 is 5.11 Å². The Morgan fingerprint density at radius 1 is 1.26 bits per heavy atom. The van der Waals surface area contributed by atoms with Crippen molar-refractivity contribution in [3.63, 3.8) is 0 Å². The molecule has 0 heterocycles. The van der Waals surface area contributed by atoms with Crippen molar-refractivity contribution < 1.29 is 9.90 Å². The fourth-order valence-electron chi connectivity index (χ4n) is 6.88. The number of carbonyl (C=O) groups is 1. The lowest BCUT2D eigenvalue weighted by molar-refractivity contribution is -0.140. The van der Waals surface area contributed by atoms with Crippen molar-refractivity contribution >= 4 is 5.97 Å².